The smallest absolute Gasteiger partial charge is 0.0574 e. The van der Waals surface area contributed by atoms with Gasteiger partial charge in [0.1, 0.15) is 0 Å². The maximum atomic E-state index is 5.81. The fourth-order valence-corrected chi connectivity index (χ4v) is 4.89. The summed E-state index contributed by atoms with van der Waals surface area (Å²) in [7, 11) is 1.89. The first kappa shape index (κ1) is 22.1. The average Bonchev–Trinajstić information content (AvgIpc) is 3.13. The Labute approximate surface area is 178 Å². The maximum Gasteiger partial charge on any atom is 0.0574 e. The first-order valence-corrected chi connectivity index (χ1v) is 12.0. The van der Waals surface area contributed by atoms with Crippen LogP contribution < -0.4 is 0 Å². The fourth-order valence-electron chi connectivity index (χ4n) is 4.89. The van der Waals surface area contributed by atoms with Gasteiger partial charge in [0.05, 0.1) is 6.10 Å². The monoisotopic (exact) mass is 392 g/mol. The van der Waals surface area contributed by atoms with Crippen molar-refractivity contribution in [2.75, 3.05) is 7.11 Å². The van der Waals surface area contributed by atoms with Crippen LogP contribution in [0.2, 0.25) is 0 Å². The molecule has 0 radical (unpaired) electrons. The molecule has 2 aromatic carbocycles. The van der Waals surface area contributed by atoms with Crippen LogP contribution in [-0.2, 0) is 17.6 Å². The molecule has 0 aromatic heterocycles. The molecule has 1 nitrogen and oxygen atoms in total. The molecule has 0 N–H and O–H groups in total. The summed E-state index contributed by atoms with van der Waals surface area (Å²) in [5.41, 5.74) is 8.91. The Morgan fingerprint density at radius 3 is 2.31 bits per heavy atom. The van der Waals surface area contributed by atoms with Crippen molar-refractivity contribution in [1.82, 2.24) is 0 Å². The minimum atomic E-state index is 0.403. The van der Waals surface area contributed by atoms with Crippen molar-refractivity contribution in [3.63, 3.8) is 0 Å². The van der Waals surface area contributed by atoms with Gasteiger partial charge >= 0.3 is 0 Å². The van der Waals surface area contributed by atoms with Gasteiger partial charge in [-0.3, -0.25) is 0 Å². The fraction of sp³-hybridized carbons (Fsp3) is 0.571. The third-order valence-electron chi connectivity index (χ3n) is 6.83. The van der Waals surface area contributed by atoms with Crippen molar-refractivity contribution >= 4 is 0 Å². The lowest BCUT2D eigenvalue weighted by Gasteiger charge is -2.17. The second-order valence-electron chi connectivity index (χ2n) is 8.87. The molecule has 1 unspecified atom stereocenters. The molecule has 0 saturated heterocycles. The third-order valence-corrected chi connectivity index (χ3v) is 6.83. The Bertz CT molecular complexity index is 761. The van der Waals surface area contributed by atoms with Crippen LogP contribution in [0.3, 0.4) is 0 Å². The number of unbranched alkanes of at least 4 members (excludes halogenated alkanes) is 7. The van der Waals surface area contributed by atoms with Gasteiger partial charge in [-0.2, -0.15) is 0 Å². The van der Waals surface area contributed by atoms with Gasteiger partial charge in [0.15, 0.2) is 0 Å². The highest BCUT2D eigenvalue weighted by atomic mass is 16.5. The van der Waals surface area contributed by atoms with Gasteiger partial charge in [-0.1, -0.05) is 94.7 Å². The van der Waals surface area contributed by atoms with Crippen LogP contribution in [0.1, 0.15) is 93.4 Å². The Kier molecular flexibility index (Phi) is 8.80. The predicted molar refractivity (Wildman–Crippen MR) is 126 cm³/mol. The average molecular weight is 393 g/mol. The van der Waals surface area contributed by atoms with Crippen molar-refractivity contribution in [3.05, 3.63) is 58.7 Å². The Morgan fingerprint density at radius 2 is 1.55 bits per heavy atom. The molecular formula is C28H40O. The van der Waals surface area contributed by atoms with Crippen LogP contribution in [0.15, 0.2) is 36.4 Å². The minimum absolute atomic E-state index is 0.403. The van der Waals surface area contributed by atoms with E-state index in [1.807, 2.05) is 7.11 Å². The number of ether oxygens (including phenoxy) is 1. The summed E-state index contributed by atoms with van der Waals surface area (Å²) in [6, 6.07) is 13.6. The second-order valence-corrected chi connectivity index (χ2v) is 8.87. The number of aryl methyl sites for hydroxylation is 1. The Balaban J connectivity index is 1.44. The minimum Gasteiger partial charge on any atom is -0.381 e. The predicted octanol–water partition coefficient (Wildman–Crippen LogP) is 8.04. The third kappa shape index (κ3) is 5.95. The molecule has 0 bridgehead atoms. The van der Waals surface area contributed by atoms with Gasteiger partial charge in [0.2, 0.25) is 0 Å². The summed E-state index contributed by atoms with van der Waals surface area (Å²) in [5, 5.41) is 0. The topological polar surface area (TPSA) is 9.23 Å². The van der Waals surface area contributed by atoms with Gasteiger partial charge in [-0.05, 0) is 66.0 Å². The molecule has 158 valence electrons. The van der Waals surface area contributed by atoms with Gasteiger partial charge in [0, 0.05) is 7.11 Å². The van der Waals surface area contributed by atoms with Crippen LogP contribution in [0.4, 0.5) is 0 Å². The second kappa shape index (κ2) is 11.6. The van der Waals surface area contributed by atoms with Gasteiger partial charge < -0.3 is 4.74 Å². The summed E-state index contributed by atoms with van der Waals surface area (Å²) in [6.45, 7) is 4.61. The number of rotatable bonds is 13. The standard InChI is InChI=1S/C28H40O/c1-4-5-6-7-8-9-10-11-15-25(29-3)19-17-23-18-20-27-26-16-13-12-14-24(26)21-28(27)22(23)2/h12-14,16,18,20,25H,4-11,15,17,19,21H2,1-3H3. The first-order valence-electron chi connectivity index (χ1n) is 12.0. The first-order chi connectivity index (χ1) is 14.2. The number of hydrogen-bond acceptors (Lipinski definition) is 1. The molecule has 2 aromatic rings. The highest BCUT2D eigenvalue weighted by Crippen LogP contribution is 2.39. The molecule has 29 heavy (non-hydrogen) atoms. The van der Waals surface area contributed by atoms with Crippen LogP contribution in [-0.4, -0.2) is 13.2 Å². The molecule has 1 heteroatoms. The Morgan fingerprint density at radius 1 is 0.828 bits per heavy atom. The lowest BCUT2D eigenvalue weighted by molar-refractivity contribution is 0.0858. The molecule has 0 aliphatic heterocycles. The molecule has 0 amide bonds. The van der Waals surface area contributed by atoms with Crippen LogP contribution in [0.25, 0.3) is 11.1 Å². The van der Waals surface area contributed by atoms with Crippen LogP contribution >= 0.6 is 0 Å². The SMILES string of the molecule is CCCCCCCCCCC(CCc1ccc2c(c1C)Cc1ccccc1-2)OC. The van der Waals surface area contributed by atoms with Crippen molar-refractivity contribution in [2.24, 2.45) is 0 Å². The van der Waals surface area contributed by atoms with E-state index in [9.17, 15) is 0 Å². The zero-order chi connectivity index (χ0) is 20.5. The highest BCUT2D eigenvalue weighted by Gasteiger charge is 2.21. The molecular weight excluding hydrogens is 352 g/mol. The molecule has 1 aliphatic rings. The van der Waals surface area contributed by atoms with E-state index in [4.69, 9.17) is 4.74 Å². The summed E-state index contributed by atoms with van der Waals surface area (Å²) in [6.07, 6.45) is 16.0. The summed E-state index contributed by atoms with van der Waals surface area (Å²) in [5.74, 6) is 0. The number of fused-ring (bicyclic) bond motifs is 3. The largest absolute Gasteiger partial charge is 0.381 e. The quantitative estimate of drug-likeness (QED) is 0.267. The molecule has 0 fully saturated rings. The zero-order valence-corrected chi connectivity index (χ0v) is 18.9. The maximum absolute atomic E-state index is 5.81. The van der Waals surface area contributed by atoms with E-state index in [2.05, 4.69) is 50.2 Å². The van der Waals surface area contributed by atoms with E-state index < -0.39 is 0 Å². The van der Waals surface area contributed by atoms with E-state index >= 15 is 0 Å². The van der Waals surface area contributed by atoms with Gasteiger partial charge in [-0.15, -0.1) is 0 Å². The number of benzene rings is 2. The van der Waals surface area contributed by atoms with Crippen LogP contribution in [0.5, 0.6) is 0 Å². The molecule has 0 spiro atoms. The van der Waals surface area contributed by atoms with Crippen molar-refractivity contribution in [2.45, 2.75) is 97.0 Å². The van der Waals surface area contributed by atoms with Crippen molar-refractivity contribution in [3.8, 4) is 11.1 Å². The van der Waals surface area contributed by atoms with E-state index in [1.165, 1.54) is 85.6 Å². The summed E-state index contributed by atoms with van der Waals surface area (Å²) < 4.78 is 5.81. The molecule has 1 atom stereocenters. The van der Waals surface area contributed by atoms with E-state index in [0.717, 1.165) is 19.3 Å². The lowest BCUT2D eigenvalue weighted by atomic mass is 9.93. The molecule has 0 heterocycles. The number of hydrogen-bond donors (Lipinski definition) is 0. The zero-order valence-electron chi connectivity index (χ0n) is 18.9. The highest BCUT2D eigenvalue weighted by molar-refractivity contribution is 5.78. The van der Waals surface area contributed by atoms with E-state index in [-0.39, 0.29) is 0 Å². The lowest BCUT2D eigenvalue weighted by Crippen LogP contribution is -2.12. The normalized spacial score (nSPS) is 13.3. The van der Waals surface area contributed by atoms with Crippen molar-refractivity contribution < 1.29 is 4.74 Å². The Hall–Kier alpha value is -1.60. The summed E-state index contributed by atoms with van der Waals surface area (Å²) in [4.78, 5) is 0. The van der Waals surface area contributed by atoms with E-state index in [1.54, 1.807) is 5.56 Å². The van der Waals surface area contributed by atoms with Gasteiger partial charge in [0.25, 0.3) is 0 Å². The van der Waals surface area contributed by atoms with E-state index in [0.29, 0.717) is 6.10 Å². The molecule has 3 rings (SSSR count). The molecule has 0 saturated carbocycles. The van der Waals surface area contributed by atoms with Crippen molar-refractivity contribution in [1.29, 1.82) is 0 Å². The molecule has 1 aliphatic carbocycles. The van der Waals surface area contributed by atoms with Crippen LogP contribution in [0, 0.1) is 6.92 Å². The van der Waals surface area contributed by atoms with Gasteiger partial charge in [-0.25, -0.2) is 0 Å². The number of methoxy groups -OCH3 is 1. The summed E-state index contributed by atoms with van der Waals surface area (Å²) >= 11 is 0.